The van der Waals surface area contributed by atoms with Gasteiger partial charge in [-0.1, -0.05) is 55.4 Å². The Labute approximate surface area is 216 Å². The summed E-state index contributed by atoms with van der Waals surface area (Å²) in [5.41, 5.74) is 4.09. The lowest BCUT2D eigenvalue weighted by atomic mass is 9.59. The van der Waals surface area contributed by atoms with E-state index in [4.69, 9.17) is 15.0 Å². The fourth-order valence-corrected chi connectivity index (χ4v) is 5.58. The minimum atomic E-state index is -0.226. The van der Waals surface area contributed by atoms with Crippen molar-refractivity contribution < 1.29 is 4.57 Å². The van der Waals surface area contributed by atoms with Gasteiger partial charge in [-0.05, 0) is 37.1 Å². The summed E-state index contributed by atoms with van der Waals surface area (Å²) in [6.45, 7) is 21.9. The van der Waals surface area contributed by atoms with Crippen molar-refractivity contribution in [1.82, 2.24) is 15.0 Å². The second-order valence-electron chi connectivity index (χ2n) is 12.6. The summed E-state index contributed by atoms with van der Waals surface area (Å²) in [6.07, 6.45) is 4.07. The molecular formula is C31H40N5+. The molecule has 5 heteroatoms. The van der Waals surface area contributed by atoms with Gasteiger partial charge in [-0.25, -0.2) is 15.0 Å². The Bertz CT molecular complexity index is 1340. The first-order chi connectivity index (χ1) is 16.7. The maximum Gasteiger partial charge on any atom is 0.213 e. The molecule has 2 unspecified atom stereocenters. The number of nitriles is 1. The maximum atomic E-state index is 10.4. The molecule has 3 aromatic rings. The maximum absolute atomic E-state index is 10.4. The Balaban J connectivity index is 2.10. The molecule has 0 amide bonds. The van der Waals surface area contributed by atoms with E-state index in [9.17, 15) is 5.26 Å². The molecule has 2 atom stereocenters. The van der Waals surface area contributed by atoms with Gasteiger partial charge in [0.2, 0.25) is 5.69 Å². The number of pyridine rings is 1. The molecule has 0 N–H and O–H groups in total. The molecule has 1 aliphatic heterocycles. The molecule has 0 fully saturated rings. The smallest absolute Gasteiger partial charge is 0.213 e. The van der Waals surface area contributed by atoms with Gasteiger partial charge < -0.3 is 0 Å². The van der Waals surface area contributed by atoms with Crippen LogP contribution in [-0.2, 0) is 21.8 Å². The zero-order valence-electron chi connectivity index (χ0n) is 23.6. The molecule has 1 aliphatic rings. The third-order valence-corrected chi connectivity index (χ3v) is 8.30. The Kier molecular flexibility index (Phi) is 6.11. The van der Waals surface area contributed by atoms with Crippen molar-refractivity contribution in [2.75, 3.05) is 0 Å². The SMILES string of the molecule is CCC1(C)c2c(C#N)cc(-c3nc(C(C)(C)C)nc(C(C)(C)C)n3)cc2-c2cccc[n+]2C1(C)CC. The van der Waals surface area contributed by atoms with E-state index < -0.39 is 0 Å². The van der Waals surface area contributed by atoms with Crippen molar-refractivity contribution in [2.45, 2.75) is 104 Å². The van der Waals surface area contributed by atoms with Crippen LogP contribution in [0.2, 0.25) is 0 Å². The van der Waals surface area contributed by atoms with Crippen molar-refractivity contribution in [3.05, 3.63) is 59.3 Å². The van der Waals surface area contributed by atoms with E-state index in [1.54, 1.807) is 0 Å². The number of fused-ring (bicyclic) bond motifs is 3. The summed E-state index contributed by atoms with van der Waals surface area (Å²) in [4.78, 5) is 14.7. The molecule has 0 saturated heterocycles. The zero-order valence-corrected chi connectivity index (χ0v) is 23.6. The van der Waals surface area contributed by atoms with E-state index in [2.05, 4.69) is 110 Å². The molecule has 4 rings (SSSR count). The van der Waals surface area contributed by atoms with Crippen LogP contribution in [0.1, 0.15) is 105 Å². The highest BCUT2D eigenvalue weighted by molar-refractivity contribution is 5.76. The van der Waals surface area contributed by atoms with E-state index >= 15 is 0 Å². The summed E-state index contributed by atoms with van der Waals surface area (Å²) >= 11 is 0. The van der Waals surface area contributed by atoms with Crippen LogP contribution < -0.4 is 4.57 Å². The van der Waals surface area contributed by atoms with Crippen LogP contribution in [0.4, 0.5) is 0 Å². The normalized spacial score (nSPS) is 21.5. The summed E-state index contributed by atoms with van der Waals surface area (Å²) < 4.78 is 2.42. The number of nitrogens with zero attached hydrogens (tertiary/aromatic N) is 5. The third-order valence-electron chi connectivity index (χ3n) is 8.30. The molecular weight excluding hydrogens is 442 g/mol. The molecule has 3 heterocycles. The zero-order chi connectivity index (χ0) is 26.7. The van der Waals surface area contributed by atoms with Gasteiger partial charge in [-0.15, -0.1) is 0 Å². The molecule has 0 radical (unpaired) electrons. The average Bonchev–Trinajstić information content (AvgIpc) is 2.85. The van der Waals surface area contributed by atoms with Crippen molar-refractivity contribution in [3.63, 3.8) is 0 Å². The molecule has 1 aromatic carbocycles. The van der Waals surface area contributed by atoms with E-state index in [0.717, 1.165) is 46.9 Å². The van der Waals surface area contributed by atoms with Crippen LogP contribution in [0.15, 0.2) is 36.5 Å². The Morgan fingerprint density at radius 2 is 1.50 bits per heavy atom. The first kappa shape index (κ1) is 25.9. The minimum absolute atomic E-state index is 0.162. The van der Waals surface area contributed by atoms with Gasteiger partial charge >= 0.3 is 0 Å². The predicted octanol–water partition coefficient (Wildman–Crippen LogP) is 6.77. The predicted molar refractivity (Wildman–Crippen MR) is 145 cm³/mol. The topological polar surface area (TPSA) is 66.3 Å². The van der Waals surface area contributed by atoms with Gasteiger partial charge in [0.15, 0.2) is 17.6 Å². The fourth-order valence-electron chi connectivity index (χ4n) is 5.58. The molecule has 188 valence electrons. The Hall–Kier alpha value is -3.13. The molecule has 36 heavy (non-hydrogen) atoms. The molecule has 0 saturated carbocycles. The first-order valence-corrected chi connectivity index (χ1v) is 13.1. The third kappa shape index (κ3) is 3.82. The van der Waals surface area contributed by atoms with Gasteiger partial charge in [0, 0.05) is 41.9 Å². The van der Waals surface area contributed by atoms with Gasteiger partial charge in [-0.2, -0.15) is 9.83 Å². The Morgan fingerprint density at radius 1 is 0.889 bits per heavy atom. The van der Waals surface area contributed by atoms with Gasteiger partial charge in [0.1, 0.15) is 11.6 Å². The highest BCUT2D eigenvalue weighted by Crippen LogP contribution is 2.51. The van der Waals surface area contributed by atoms with Crippen molar-refractivity contribution in [3.8, 4) is 28.7 Å². The van der Waals surface area contributed by atoms with E-state index in [1.807, 2.05) is 6.07 Å². The standard InChI is InChI=1S/C31H40N5/c1-11-30(9)24-21(19-32)17-20(18-22(24)23-15-13-14-16-36(23)31(30,10)12-2)25-33-26(28(3,4)5)35-27(34-25)29(6,7)8/h13-18H,11-12H2,1-10H3/q+1. The van der Waals surface area contributed by atoms with Crippen LogP contribution >= 0.6 is 0 Å². The highest BCUT2D eigenvalue weighted by atomic mass is 15.1. The highest BCUT2D eigenvalue weighted by Gasteiger charge is 2.57. The van der Waals surface area contributed by atoms with E-state index in [0.29, 0.717) is 11.4 Å². The first-order valence-electron chi connectivity index (χ1n) is 13.1. The quantitative estimate of drug-likeness (QED) is 0.387. The summed E-state index contributed by atoms with van der Waals surface area (Å²) in [5.74, 6) is 2.16. The van der Waals surface area contributed by atoms with E-state index in [-0.39, 0.29) is 21.8 Å². The average molecular weight is 483 g/mol. The number of hydrogen-bond acceptors (Lipinski definition) is 4. The van der Waals surface area contributed by atoms with Crippen LogP contribution in [-0.4, -0.2) is 15.0 Å². The summed E-state index contributed by atoms with van der Waals surface area (Å²) in [5, 5.41) is 10.4. The van der Waals surface area contributed by atoms with E-state index in [1.165, 1.54) is 0 Å². The summed E-state index contributed by atoms with van der Waals surface area (Å²) in [7, 11) is 0. The van der Waals surface area contributed by atoms with Crippen molar-refractivity contribution in [2.24, 2.45) is 0 Å². The lowest BCUT2D eigenvalue weighted by Gasteiger charge is -2.46. The molecule has 5 nitrogen and oxygen atoms in total. The molecule has 0 aliphatic carbocycles. The van der Waals surface area contributed by atoms with Gasteiger partial charge in [-0.3, -0.25) is 0 Å². The van der Waals surface area contributed by atoms with Gasteiger partial charge in [0.25, 0.3) is 0 Å². The van der Waals surface area contributed by atoms with Crippen LogP contribution in [0.25, 0.3) is 22.6 Å². The molecule has 0 bridgehead atoms. The minimum Gasteiger partial charge on any atom is -0.217 e. The lowest BCUT2D eigenvalue weighted by Crippen LogP contribution is -2.67. The van der Waals surface area contributed by atoms with Gasteiger partial charge in [0.05, 0.1) is 22.6 Å². The molecule has 2 aromatic heterocycles. The second-order valence-corrected chi connectivity index (χ2v) is 12.6. The van der Waals surface area contributed by atoms with Crippen molar-refractivity contribution >= 4 is 0 Å². The lowest BCUT2D eigenvalue weighted by molar-refractivity contribution is -0.765. The number of aromatic nitrogens is 4. The number of rotatable bonds is 3. The van der Waals surface area contributed by atoms with Crippen LogP contribution in [0.3, 0.4) is 0 Å². The fraction of sp³-hybridized carbons (Fsp3) is 0.516. The number of hydrogen-bond donors (Lipinski definition) is 0. The second kappa shape index (κ2) is 8.47. The Morgan fingerprint density at radius 3 is 2.00 bits per heavy atom. The summed E-state index contributed by atoms with van der Waals surface area (Å²) in [6, 6.07) is 13.1. The van der Waals surface area contributed by atoms with Crippen molar-refractivity contribution in [1.29, 1.82) is 5.26 Å². The number of benzene rings is 1. The molecule has 0 spiro atoms. The monoisotopic (exact) mass is 482 g/mol. The van der Waals surface area contributed by atoms with Crippen LogP contribution in [0, 0.1) is 11.3 Å². The van der Waals surface area contributed by atoms with Crippen LogP contribution in [0.5, 0.6) is 0 Å². The largest absolute Gasteiger partial charge is 0.217 e.